The molecule has 4 nitrogen and oxygen atoms in total. The van der Waals surface area contributed by atoms with E-state index in [1.54, 1.807) is 0 Å². The van der Waals surface area contributed by atoms with Crippen molar-refractivity contribution in [1.29, 1.82) is 0 Å². The number of halogens is 1. The lowest BCUT2D eigenvalue weighted by Gasteiger charge is -2.31. The number of hydrogen-bond donors (Lipinski definition) is 0. The Labute approximate surface area is 174 Å². The van der Waals surface area contributed by atoms with Gasteiger partial charge in [-0.25, -0.2) is 4.84 Å². The molecule has 1 fully saturated rings. The molecule has 0 atom stereocenters. The summed E-state index contributed by atoms with van der Waals surface area (Å²) in [6.07, 6.45) is 5.18. The van der Waals surface area contributed by atoms with E-state index in [0.717, 1.165) is 61.7 Å². The van der Waals surface area contributed by atoms with Gasteiger partial charge in [0.25, 0.3) is 5.71 Å². The van der Waals surface area contributed by atoms with Gasteiger partial charge in [0.1, 0.15) is 13.1 Å². The van der Waals surface area contributed by atoms with Crippen LogP contribution in [-0.4, -0.2) is 48.5 Å². The zero-order valence-electron chi connectivity index (χ0n) is 17.3. The van der Waals surface area contributed by atoms with Crippen molar-refractivity contribution in [3.63, 3.8) is 0 Å². The van der Waals surface area contributed by atoms with Crippen molar-refractivity contribution in [2.75, 3.05) is 32.9 Å². The van der Waals surface area contributed by atoms with Crippen LogP contribution in [0.25, 0.3) is 5.57 Å². The topological polar surface area (TPSA) is 24.7 Å². The van der Waals surface area contributed by atoms with Crippen molar-refractivity contribution < 1.29 is 14.4 Å². The predicted octanol–water partition coefficient (Wildman–Crippen LogP) is 5.14. The zero-order chi connectivity index (χ0) is 20.1. The first kappa shape index (κ1) is 20.9. The quantitative estimate of drug-likeness (QED) is 0.485. The third kappa shape index (κ3) is 5.18. The van der Waals surface area contributed by atoms with Crippen molar-refractivity contribution in [2.45, 2.75) is 40.0 Å². The van der Waals surface area contributed by atoms with E-state index >= 15 is 0 Å². The average molecular weight is 404 g/mol. The van der Waals surface area contributed by atoms with Crippen LogP contribution < -0.4 is 0 Å². The molecule has 0 spiro atoms. The van der Waals surface area contributed by atoms with Crippen molar-refractivity contribution in [2.24, 2.45) is 5.41 Å². The van der Waals surface area contributed by atoms with Gasteiger partial charge in [0, 0.05) is 17.5 Å². The highest BCUT2D eigenvalue weighted by Crippen LogP contribution is 2.39. The fourth-order valence-electron chi connectivity index (χ4n) is 3.81. The summed E-state index contributed by atoms with van der Waals surface area (Å²) in [6.45, 7) is 15.0. The summed E-state index contributed by atoms with van der Waals surface area (Å²) in [5, 5.41) is 2.99. The number of nitrogens with zero attached hydrogens (tertiary/aromatic N) is 2. The molecule has 0 unspecified atom stereocenters. The second kappa shape index (κ2) is 9.15. The van der Waals surface area contributed by atoms with E-state index in [1.807, 2.05) is 23.0 Å². The third-order valence-electron chi connectivity index (χ3n) is 5.14. The van der Waals surface area contributed by atoms with Gasteiger partial charge < -0.3 is 4.74 Å². The van der Waals surface area contributed by atoms with Gasteiger partial charge in [0.05, 0.1) is 18.1 Å². The van der Waals surface area contributed by atoms with Crippen LogP contribution in [0.1, 0.15) is 45.6 Å². The minimum absolute atomic E-state index is 0.126. The number of rotatable bonds is 6. The van der Waals surface area contributed by atoms with E-state index in [-0.39, 0.29) is 5.41 Å². The number of hydrazone groups is 1. The normalized spacial score (nSPS) is 21.1. The van der Waals surface area contributed by atoms with E-state index in [1.165, 1.54) is 11.3 Å². The van der Waals surface area contributed by atoms with Crippen LogP contribution in [0.5, 0.6) is 0 Å². The van der Waals surface area contributed by atoms with E-state index in [4.69, 9.17) is 21.2 Å². The number of ether oxygens (including phenoxy) is 1. The zero-order valence-corrected chi connectivity index (χ0v) is 18.1. The molecular weight excluding hydrogens is 372 g/mol. The summed E-state index contributed by atoms with van der Waals surface area (Å²) in [5.41, 5.74) is 4.66. The largest absolute Gasteiger partial charge is 0.377 e. The molecule has 3 rings (SSSR count). The molecule has 0 aromatic heterocycles. The summed E-state index contributed by atoms with van der Waals surface area (Å²) in [4.78, 5) is 8.21. The molecule has 0 radical (unpaired) electrons. The summed E-state index contributed by atoms with van der Waals surface area (Å²) >= 11 is 6.21. The molecule has 1 aromatic carbocycles. The molecule has 28 heavy (non-hydrogen) atoms. The molecule has 1 aliphatic heterocycles. The van der Waals surface area contributed by atoms with Crippen LogP contribution in [0.2, 0.25) is 5.02 Å². The number of benzene rings is 1. The van der Waals surface area contributed by atoms with Gasteiger partial charge in [-0.1, -0.05) is 51.1 Å². The maximum Gasteiger partial charge on any atom is 0.264 e. The molecule has 1 saturated heterocycles. The second-order valence-electron chi connectivity index (χ2n) is 8.34. The molecule has 0 N–H and O–H groups in total. The standard InChI is InChI=1S/C23H32ClN2O2/c1-5-11-28-26(25-9-12-27-13-10-25)22-15-20(16-23(3,4)17-22)18(2)19-7-6-8-21(24)14-19/h6-8,14-15H,2,5,9-13,16-17H2,1,3-4H3/q+1/b26-22-. The Hall–Kier alpha value is -1.78. The monoisotopic (exact) mass is 403 g/mol. The van der Waals surface area contributed by atoms with E-state index in [0.29, 0.717) is 6.61 Å². The molecule has 1 heterocycles. The van der Waals surface area contributed by atoms with Crippen LogP contribution >= 0.6 is 11.6 Å². The predicted molar refractivity (Wildman–Crippen MR) is 115 cm³/mol. The molecule has 1 aliphatic carbocycles. The van der Waals surface area contributed by atoms with Crippen molar-refractivity contribution in [3.05, 3.63) is 53.1 Å². The third-order valence-corrected chi connectivity index (χ3v) is 5.37. The minimum atomic E-state index is 0.126. The number of hydrazine groups is 1. The Bertz CT molecular complexity index is 777. The van der Waals surface area contributed by atoms with E-state index in [2.05, 4.69) is 44.5 Å². The van der Waals surface area contributed by atoms with Gasteiger partial charge in [-0.3, -0.25) is 0 Å². The smallest absolute Gasteiger partial charge is 0.264 e. The van der Waals surface area contributed by atoms with Crippen LogP contribution in [-0.2, 0) is 9.57 Å². The van der Waals surface area contributed by atoms with Gasteiger partial charge in [-0.15, -0.1) is 5.01 Å². The molecule has 152 valence electrons. The average Bonchev–Trinajstić information content (AvgIpc) is 2.67. The summed E-state index contributed by atoms with van der Waals surface area (Å²) in [7, 11) is 0. The molecule has 0 bridgehead atoms. The Balaban J connectivity index is 1.99. The molecular formula is C23H32ClN2O2+. The van der Waals surface area contributed by atoms with Crippen molar-refractivity contribution in [1.82, 2.24) is 5.01 Å². The van der Waals surface area contributed by atoms with Crippen LogP contribution in [0.15, 0.2) is 42.5 Å². The maximum atomic E-state index is 6.21. The van der Waals surface area contributed by atoms with Crippen LogP contribution in [0.3, 0.4) is 0 Å². The molecule has 0 amide bonds. The van der Waals surface area contributed by atoms with Gasteiger partial charge in [-0.05, 0) is 47.1 Å². The lowest BCUT2D eigenvalue weighted by molar-refractivity contribution is -0.897. The van der Waals surface area contributed by atoms with Crippen molar-refractivity contribution >= 4 is 22.9 Å². The Morgan fingerprint density at radius 2 is 2.04 bits per heavy atom. The van der Waals surface area contributed by atoms with E-state index in [9.17, 15) is 0 Å². The number of morpholine rings is 1. The highest BCUT2D eigenvalue weighted by Gasteiger charge is 2.36. The van der Waals surface area contributed by atoms with Gasteiger partial charge in [-0.2, -0.15) is 0 Å². The number of allylic oxidation sites excluding steroid dienone is 3. The highest BCUT2D eigenvalue weighted by atomic mass is 35.5. The first-order valence-electron chi connectivity index (χ1n) is 10.2. The van der Waals surface area contributed by atoms with Gasteiger partial charge in [0.2, 0.25) is 0 Å². The van der Waals surface area contributed by atoms with E-state index < -0.39 is 0 Å². The lowest BCUT2D eigenvalue weighted by Crippen LogP contribution is -2.47. The second-order valence-corrected chi connectivity index (χ2v) is 8.78. The lowest BCUT2D eigenvalue weighted by atomic mass is 9.74. The van der Waals surface area contributed by atoms with Gasteiger partial charge >= 0.3 is 0 Å². The van der Waals surface area contributed by atoms with Crippen LogP contribution in [0, 0.1) is 5.41 Å². The van der Waals surface area contributed by atoms with Gasteiger partial charge in [0.15, 0.2) is 6.61 Å². The fourth-order valence-corrected chi connectivity index (χ4v) is 4.00. The molecule has 2 aliphatic rings. The number of hydrogen-bond acceptors (Lipinski definition) is 3. The Morgan fingerprint density at radius 1 is 1.29 bits per heavy atom. The minimum Gasteiger partial charge on any atom is -0.377 e. The Morgan fingerprint density at radius 3 is 2.71 bits per heavy atom. The first-order valence-corrected chi connectivity index (χ1v) is 10.5. The first-order chi connectivity index (χ1) is 13.4. The fraction of sp³-hybridized carbons (Fsp3) is 0.522. The van der Waals surface area contributed by atoms with Crippen LogP contribution in [0.4, 0.5) is 0 Å². The SMILES string of the molecule is C=C(C1=C/C(=[N+](/OCCC)N2CCOCC2)CC(C)(C)C1)c1cccc(Cl)c1. The molecule has 0 saturated carbocycles. The summed E-state index contributed by atoms with van der Waals surface area (Å²) < 4.78 is 5.54. The highest BCUT2D eigenvalue weighted by molar-refractivity contribution is 6.30. The maximum absolute atomic E-state index is 6.21. The van der Waals surface area contributed by atoms with Crippen molar-refractivity contribution in [3.8, 4) is 0 Å². The summed E-state index contributed by atoms with van der Waals surface area (Å²) in [5.74, 6) is 0. The summed E-state index contributed by atoms with van der Waals surface area (Å²) in [6, 6.07) is 7.93. The molecule has 1 aromatic rings. The molecule has 5 heteroatoms. The Kier molecular flexibility index (Phi) is 6.84.